The Labute approximate surface area is 127 Å². The largest absolute Gasteiger partial charge is 0.496 e. The molecule has 2 rings (SSSR count). The monoisotopic (exact) mass is 311 g/mol. The molecule has 114 valence electrons. The van der Waals surface area contributed by atoms with E-state index in [1.54, 1.807) is 20.2 Å². The van der Waals surface area contributed by atoms with Gasteiger partial charge in [-0.25, -0.2) is 4.39 Å². The van der Waals surface area contributed by atoms with Crippen molar-refractivity contribution in [3.8, 4) is 17.2 Å². The maximum Gasteiger partial charge on any atom is 0.163 e. The van der Waals surface area contributed by atoms with Crippen molar-refractivity contribution >= 4 is 11.3 Å². The minimum Gasteiger partial charge on any atom is -0.496 e. The molecular weight excluding hydrogens is 293 g/mol. The van der Waals surface area contributed by atoms with E-state index in [4.69, 9.17) is 14.2 Å². The van der Waals surface area contributed by atoms with E-state index in [0.29, 0.717) is 17.1 Å². The Morgan fingerprint density at radius 2 is 1.67 bits per heavy atom. The maximum absolute atomic E-state index is 14.4. The minimum atomic E-state index is -0.359. The molecular formula is C15H18FNO3S. The Morgan fingerprint density at radius 3 is 2.24 bits per heavy atom. The number of rotatable bonds is 6. The normalized spacial score (nSPS) is 12.0. The van der Waals surface area contributed by atoms with Gasteiger partial charge in [0.1, 0.15) is 11.6 Å². The molecule has 0 aliphatic heterocycles. The number of hydrogen-bond acceptors (Lipinski definition) is 5. The predicted octanol–water partition coefficient (Wildman–Crippen LogP) is 3.22. The molecule has 2 aromatic rings. The lowest BCUT2D eigenvalue weighted by atomic mass is 10.0. The van der Waals surface area contributed by atoms with Crippen molar-refractivity contribution in [2.75, 3.05) is 28.4 Å². The zero-order chi connectivity index (χ0) is 15.4. The molecule has 0 aliphatic rings. The van der Waals surface area contributed by atoms with Crippen LogP contribution in [-0.4, -0.2) is 28.4 Å². The molecule has 0 radical (unpaired) electrons. The molecule has 0 amide bonds. The Morgan fingerprint density at radius 1 is 1.05 bits per heavy atom. The van der Waals surface area contributed by atoms with Crippen LogP contribution in [0.15, 0.2) is 23.6 Å². The van der Waals surface area contributed by atoms with Gasteiger partial charge in [-0.3, -0.25) is 0 Å². The van der Waals surface area contributed by atoms with Crippen LogP contribution in [-0.2, 0) is 0 Å². The van der Waals surface area contributed by atoms with E-state index in [1.807, 2.05) is 11.4 Å². The van der Waals surface area contributed by atoms with Crippen molar-refractivity contribution in [3.63, 3.8) is 0 Å². The lowest BCUT2D eigenvalue weighted by Gasteiger charge is -2.19. The highest BCUT2D eigenvalue weighted by molar-refractivity contribution is 7.10. The Bertz CT molecular complexity index is 615. The number of benzene rings is 1. The molecule has 1 aromatic heterocycles. The number of thiophene rings is 1. The van der Waals surface area contributed by atoms with E-state index >= 15 is 0 Å². The van der Waals surface area contributed by atoms with E-state index in [-0.39, 0.29) is 11.9 Å². The first-order chi connectivity index (χ1) is 10.2. The van der Waals surface area contributed by atoms with Gasteiger partial charge in [0, 0.05) is 11.6 Å². The number of halogens is 1. The number of ether oxygens (including phenoxy) is 3. The molecule has 0 spiro atoms. The van der Waals surface area contributed by atoms with E-state index in [0.717, 1.165) is 10.6 Å². The summed E-state index contributed by atoms with van der Waals surface area (Å²) in [6.07, 6.45) is 0. The summed E-state index contributed by atoms with van der Waals surface area (Å²) in [6.45, 7) is 0. The molecule has 1 aromatic carbocycles. The molecule has 21 heavy (non-hydrogen) atoms. The average Bonchev–Trinajstić information content (AvgIpc) is 2.97. The van der Waals surface area contributed by atoms with Gasteiger partial charge >= 0.3 is 0 Å². The molecule has 0 bridgehead atoms. The summed E-state index contributed by atoms with van der Waals surface area (Å²) >= 11 is 1.51. The summed E-state index contributed by atoms with van der Waals surface area (Å²) in [6, 6.07) is 4.52. The topological polar surface area (TPSA) is 39.7 Å². The highest BCUT2D eigenvalue weighted by atomic mass is 32.1. The van der Waals surface area contributed by atoms with E-state index in [2.05, 4.69) is 5.32 Å². The van der Waals surface area contributed by atoms with Crippen LogP contribution in [0.1, 0.15) is 16.5 Å². The number of hydrogen-bond donors (Lipinski definition) is 1. The smallest absolute Gasteiger partial charge is 0.163 e. The molecule has 1 atom stereocenters. The van der Waals surface area contributed by atoms with Gasteiger partial charge in [-0.2, -0.15) is 0 Å². The summed E-state index contributed by atoms with van der Waals surface area (Å²) in [5, 5.41) is 5.03. The van der Waals surface area contributed by atoms with Gasteiger partial charge in [-0.05, 0) is 24.6 Å². The second-order valence-corrected chi connectivity index (χ2v) is 5.25. The lowest BCUT2D eigenvalue weighted by molar-refractivity contribution is 0.350. The van der Waals surface area contributed by atoms with Crippen molar-refractivity contribution in [2.45, 2.75) is 6.04 Å². The molecule has 6 heteroatoms. The van der Waals surface area contributed by atoms with Crippen LogP contribution in [0.5, 0.6) is 17.2 Å². The zero-order valence-corrected chi connectivity index (χ0v) is 13.2. The highest BCUT2D eigenvalue weighted by Gasteiger charge is 2.23. The summed E-state index contributed by atoms with van der Waals surface area (Å²) in [7, 11) is 6.39. The van der Waals surface area contributed by atoms with Crippen LogP contribution in [0.2, 0.25) is 0 Å². The molecule has 1 unspecified atom stereocenters. The molecule has 1 N–H and O–H groups in total. The molecule has 0 aliphatic carbocycles. The first-order valence-corrected chi connectivity index (χ1v) is 7.24. The Hall–Kier alpha value is -1.79. The molecule has 4 nitrogen and oxygen atoms in total. The Balaban J connectivity index is 2.52. The van der Waals surface area contributed by atoms with Crippen molar-refractivity contribution in [2.24, 2.45) is 0 Å². The van der Waals surface area contributed by atoms with Crippen LogP contribution < -0.4 is 19.5 Å². The Kier molecular flexibility index (Phi) is 5.03. The fourth-order valence-corrected chi connectivity index (χ4v) is 3.19. The van der Waals surface area contributed by atoms with Crippen LogP contribution in [0.4, 0.5) is 4.39 Å². The third kappa shape index (κ3) is 2.96. The van der Waals surface area contributed by atoms with Gasteiger partial charge in [-0.1, -0.05) is 0 Å². The average molecular weight is 311 g/mol. The zero-order valence-electron chi connectivity index (χ0n) is 12.4. The van der Waals surface area contributed by atoms with Crippen LogP contribution in [0, 0.1) is 5.82 Å². The van der Waals surface area contributed by atoms with Crippen molar-refractivity contribution < 1.29 is 18.6 Å². The summed E-state index contributed by atoms with van der Waals surface area (Å²) in [5.74, 6) is 1.23. The van der Waals surface area contributed by atoms with Crippen LogP contribution in [0.25, 0.3) is 0 Å². The van der Waals surface area contributed by atoms with Gasteiger partial charge in [0.15, 0.2) is 11.5 Å². The standard InChI is InChI=1S/C15H18FNO3S/c1-17-14(15-11(18-2)5-6-21-15)9-7-12(19-3)13(20-4)8-10(9)16/h5-8,14,17H,1-4H3. The molecule has 1 heterocycles. The maximum atomic E-state index is 14.4. The lowest BCUT2D eigenvalue weighted by Crippen LogP contribution is -2.18. The third-order valence-electron chi connectivity index (χ3n) is 3.24. The SMILES string of the molecule is CNC(c1cc(OC)c(OC)cc1F)c1sccc1OC. The van der Waals surface area contributed by atoms with Crippen molar-refractivity contribution in [1.29, 1.82) is 0 Å². The van der Waals surface area contributed by atoms with Gasteiger partial charge in [0.2, 0.25) is 0 Å². The third-order valence-corrected chi connectivity index (χ3v) is 4.20. The molecule has 0 saturated heterocycles. The first-order valence-electron chi connectivity index (χ1n) is 6.36. The quantitative estimate of drug-likeness (QED) is 0.889. The predicted molar refractivity (Wildman–Crippen MR) is 81.3 cm³/mol. The van der Waals surface area contributed by atoms with Gasteiger partial charge in [-0.15, -0.1) is 11.3 Å². The van der Waals surface area contributed by atoms with Gasteiger partial charge < -0.3 is 19.5 Å². The second kappa shape index (κ2) is 6.78. The number of nitrogens with one attached hydrogen (secondary N) is 1. The summed E-state index contributed by atoms with van der Waals surface area (Å²) in [4.78, 5) is 0.908. The fraction of sp³-hybridized carbons (Fsp3) is 0.333. The molecule has 0 fully saturated rings. The summed E-state index contributed by atoms with van der Waals surface area (Å²) in [5.41, 5.74) is 0.482. The highest BCUT2D eigenvalue weighted by Crippen LogP contribution is 2.39. The summed E-state index contributed by atoms with van der Waals surface area (Å²) < 4.78 is 30.1. The minimum absolute atomic E-state index is 0.320. The van der Waals surface area contributed by atoms with E-state index in [9.17, 15) is 4.39 Å². The van der Waals surface area contributed by atoms with Crippen LogP contribution in [0.3, 0.4) is 0 Å². The van der Waals surface area contributed by atoms with Gasteiger partial charge in [0.05, 0.1) is 32.2 Å². The molecule has 0 saturated carbocycles. The van der Waals surface area contributed by atoms with Crippen molar-refractivity contribution in [1.82, 2.24) is 5.32 Å². The van der Waals surface area contributed by atoms with E-state index < -0.39 is 0 Å². The fourth-order valence-electron chi connectivity index (χ4n) is 2.21. The number of methoxy groups -OCH3 is 3. The first kappa shape index (κ1) is 15.6. The van der Waals surface area contributed by atoms with E-state index in [1.165, 1.54) is 31.6 Å². The van der Waals surface area contributed by atoms with Crippen LogP contribution >= 0.6 is 11.3 Å². The second-order valence-electron chi connectivity index (χ2n) is 4.30. The van der Waals surface area contributed by atoms with Crippen molar-refractivity contribution in [3.05, 3.63) is 39.8 Å². The van der Waals surface area contributed by atoms with Gasteiger partial charge in [0.25, 0.3) is 0 Å².